The summed E-state index contributed by atoms with van der Waals surface area (Å²) in [6.45, 7) is 1.83. The van der Waals surface area contributed by atoms with Crippen molar-refractivity contribution in [1.82, 2.24) is 10.4 Å². The van der Waals surface area contributed by atoms with Crippen LogP contribution in [0.2, 0.25) is 5.02 Å². The Morgan fingerprint density at radius 1 is 1.55 bits per heavy atom. The second-order valence-electron chi connectivity index (χ2n) is 4.07. The highest BCUT2D eigenvalue weighted by molar-refractivity contribution is 6.32. The molecule has 6 nitrogen and oxygen atoms in total. The molecule has 0 aliphatic carbocycles. The van der Waals surface area contributed by atoms with E-state index in [1.165, 1.54) is 18.2 Å². The number of nitrogens with one attached hydrogen (secondary N) is 2. The molecule has 0 spiro atoms. The Hall–Kier alpha value is -1.57. The number of hydrogen-bond donors (Lipinski definition) is 2. The zero-order valence-electron chi connectivity index (χ0n) is 10.9. The van der Waals surface area contributed by atoms with Gasteiger partial charge in [-0.05, 0) is 6.07 Å². The summed E-state index contributed by atoms with van der Waals surface area (Å²) in [5.74, 6) is -0.342. The van der Waals surface area contributed by atoms with Gasteiger partial charge in [0.1, 0.15) is 11.6 Å². The number of amides is 2. The number of methoxy groups -OCH3 is 1. The van der Waals surface area contributed by atoms with Crippen molar-refractivity contribution in [3.63, 3.8) is 0 Å². The van der Waals surface area contributed by atoms with Crippen molar-refractivity contribution in [3.8, 4) is 5.75 Å². The summed E-state index contributed by atoms with van der Waals surface area (Å²) in [5, 5.41) is 3.95. The number of carbonyl (C=O) groups excluding carboxylic acids is 1. The average molecular weight is 304 g/mol. The topological polar surface area (TPSA) is 62.8 Å². The Bertz CT molecular complexity index is 493. The minimum Gasteiger partial charge on any atom is -0.495 e. The van der Waals surface area contributed by atoms with E-state index in [1.54, 1.807) is 0 Å². The fourth-order valence-corrected chi connectivity index (χ4v) is 1.95. The molecular formula is C12H15ClFN3O3. The summed E-state index contributed by atoms with van der Waals surface area (Å²) in [5.41, 5.74) is 2.88. The maximum absolute atomic E-state index is 13.8. The molecule has 1 heterocycles. The van der Waals surface area contributed by atoms with Crippen molar-refractivity contribution >= 4 is 23.3 Å². The Labute approximate surface area is 120 Å². The molecule has 1 aromatic carbocycles. The highest BCUT2D eigenvalue weighted by Crippen LogP contribution is 2.30. The van der Waals surface area contributed by atoms with Gasteiger partial charge in [-0.3, -0.25) is 5.01 Å². The summed E-state index contributed by atoms with van der Waals surface area (Å²) in [7, 11) is 1.42. The summed E-state index contributed by atoms with van der Waals surface area (Å²) < 4.78 is 24.0. The van der Waals surface area contributed by atoms with Gasteiger partial charge in [0.2, 0.25) is 0 Å². The monoisotopic (exact) mass is 303 g/mol. The first-order valence-corrected chi connectivity index (χ1v) is 6.42. The molecule has 2 rings (SSSR count). The molecule has 2 N–H and O–H groups in total. The van der Waals surface area contributed by atoms with Crippen LogP contribution in [0.1, 0.15) is 0 Å². The van der Waals surface area contributed by atoms with Gasteiger partial charge in [0.05, 0.1) is 37.6 Å². The van der Waals surface area contributed by atoms with Crippen LogP contribution in [0.3, 0.4) is 0 Å². The Balaban J connectivity index is 2.10. The van der Waals surface area contributed by atoms with E-state index in [4.69, 9.17) is 21.1 Å². The normalized spacial score (nSPS) is 15.7. The second-order valence-corrected chi connectivity index (χ2v) is 4.48. The van der Waals surface area contributed by atoms with Crippen molar-refractivity contribution in [2.45, 2.75) is 0 Å². The first kappa shape index (κ1) is 14.8. The zero-order valence-corrected chi connectivity index (χ0v) is 11.7. The number of ether oxygens (including phenoxy) is 2. The first-order chi connectivity index (χ1) is 9.61. The van der Waals surface area contributed by atoms with Crippen LogP contribution in [0.4, 0.5) is 14.9 Å². The maximum Gasteiger partial charge on any atom is 0.336 e. The largest absolute Gasteiger partial charge is 0.495 e. The fraction of sp³-hybridized carbons (Fsp3) is 0.417. The third-order valence-electron chi connectivity index (χ3n) is 2.74. The number of anilines is 1. The number of hydrazine groups is 1. The van der Waals surface area contributed by atoms with Gasteiger partial charge in [0, 0.05) is 12.6 Å². The van der Waals surface area contributed by atoms with E-state index in [0.29, 0.717) is 26.3 Å². The van der Waals surface area contributed by atoms with E-state index in [1.807, 2.05) is 0 Å². The van der Waals surface area contributed by atoms with Crippen molar-refractivity contribution in [2.75, 3.05) is 38.7 Å². The first-order valence-electron chi connectivity index (χ1n) is 6.04. The van der Waals surface area contributed by atoms with E-state index in [-0.39, 0.29) is 16.5 Å². The molecule has 1 aliphatic heterocycles. The lowest BCUT2D eigenvalue weighted by Gasteiger charge is -2.21. The van der Waals surface area contributed by atoms with Crippen LogP contribution in [-0.2, 0) is 4.74 Å². The Morgan fingerprint density at radius 3 is 3.10 bits per heavy atom. The standard InChI is InChI=1S/C12H15ClFN3O3/c1-19-11-7-10(9(14)6-8(11)13)16-12(18)17-3-5-20-4-2-15-17/h6-7,15H,2-5H2,1H3,(H,16,18). The number of urea groups is 1. The van der Waals surface area contributed by atoms with Crippen LogP contribution < -0.4 is 15.5 Å². The molecule has 1 aliphatic rings. The molecule has 20 heavy (non-hydrogen) atoms. The summed E-state index contributed by atoms with van der Waals surface area (Å²) >= 11 is 5.79. The van der Waals surface area contributed by atoms with Crippen LogP contribution in [0.5, 0.6) is 5.75 Å². The Kier molecular flexibility index (Phi) is 4.99. The number of hydrogen-bond acceptors (Lipinski definition) is 4. The number of benzene rings is 1. The Morgan fingerprint density at radius 2 is 2.35 bits per heavy atom. The molecule has 1 fully saturated rings. The van der Waals surface area contributed by atoms with E-state index in [0.717, 1.165) is 6.07 Å². The summed E-state index contributed by atoms with van der Waals surface area (Å²) in [6, 6.07) is 1.96. The van der Waals surface area contributed by atoms with E-state index >= 15 is 0 Å². The number of halogens is 2. The van der Waals surface area contributed by atoms with Crippen molar-refractivity contribution in [2.24, 2.45) is 0 Å². The number of nitrogens with zero attached hydrogens (tertiary/aromatic N) is 1. The van der Waals surface area contributed by atoms with Gasteiger partial charge >= 0.3 is 6.03 Å². The highest BCUT2D eigenvalue weighted by Gasteiger charge is 2.18. The van der Waals surface area contributed by atoms with Crippen molar-refractivity contribution in [1.29, 1.82) is 0 Å². The van der Waals surface area contributed by atoms with Gasteiger partial charge in [-0.25, -0.2) is 14.6 Å². The van der Waals surface area contributed by atoms with Gasteiger partial charge < -0.3 is 14.8 Å². The molecule has 0 radical (unpaired) electrons. The third kappa shape index (κ3) is 3.50. The van der Waals surface area contributed by atoms with E-state index < -0.39 is 11.8 Å². The minimum atomic E-state index is -0.629. The third-order valence-corrected chi connectivity index (χ3v) is 3.03. The van der Waals surface area contributed by atoms with Gasteiger partial charge in [0.25, 0.3) is 0 Å². The van der Waals surface area contributed by atoms with Crippen LogP contribution >= 0.6 is 11.6 Å². The van der Waals surface area contributed by atoms with E-state index in [9.17, 15) is 9.18 Å². The van der Waals surface area contributed by atoms with Gasteiger partial charge in [-0.15, -0.1) is 0 Å². The summed E-state index contributed by atoms with van der Waals surface area (Å²) in [4.78, 5) is 12.0. The molecule has 1 aromatic rings. The molecule has 0 atom stereocenters. The molecule has 8 heteroatoms. The average Bonchev–Trinajstić information content (AvgIpc) is 2.70. The highest BCUT2D eigenvalue weighted by atomic mass is 35.5. The van der Waals surface area contributed by atoms with Gasteiger partial charge in [-0.1, -0.05) is 11.6 Å². The number of carbonyl (C=O) groups is 1. The predicted molar refractivity (Wildman–Crippen MR) is 72.5 cm³/mol. The lowest BCUT2D eigenvalue weighted by atomic mass is 10.3. The molecule has 0 bridgehead atoms. The fourth-order valence-electron chi connectivity index (χ4n) is 1.73. The molecule has 110 valence electrons. The van der Waals surface area contributed by atoms with Crippen LogP contribution in [0.15, 0.2) is 12.1 Å². The minimum absolute atomic E-state index is 0.00298. The predicted octanol–water partition coefficient (Wildman–Crippen LogP) is 1.86. The SMILES string of the molecule is COc1cc(NC(=O)N2CCOCCN2)c(F)cc1Cl. The van der Waals surface area contributed by atoms with Crippen LogP contribution in [0.25, 0.3) is 0 Å². The van der Waals surface area contributed by atoms with Crippen LogP contribution in [-0.4, -0.2) is 44.5 Å². The zero-order chi connectivity index (χ0) is 14.5. The lowest BCUT2D eigenvalue weighted by molar-refractivity contribution is 0.147. The molecule has 0 unspecified atom stereocenters. The molecule has 0 aromatic heterocycles. The number of rotatable bonds is 2. The molecule has 0 saturated carbocycles. The second kappa shape index (κ2) is 6.74. The van der Waals surface area contributed by atoms with Gasteiger partial charge in [0.15, 0.2) is 0 Å². The van der Waals surface area contributed by atoms with Gasteiger partial charge in [-0.2, -0.15) is 0 Å². The van der Waals surface area contributed by atoms with E-state index in [2.05, 4.69) is 10.7 Å². The lowest BCUT2D eigenvalue weighted by Crippen LogP contribution is -2.46. The molecular weight excluding hydrogens is 289 g/mol. The molecule has 2 amide bonds. The summed E-state index contributed by atoms with van der Waals surface area (Å²) in [6.07, 6.45) is 0. The van der Waals surface area contributed by atoms with Crippen molar-refractivity contribution < 1.29 is 18.7 Å². The quantitative estimate of drug-likeness (QED) is 0.875. The molecule has 1 saturated heterocycles. The van der Waals surface area contributed by atoms with Crippen molar-refractivity contribution in [3.05, 3.63) is 23.0 Å². The smallest absolute Gasteiger partial charge is 0.336 e. The maximum atomic E-state index is 13.8. The van der Waals surface area contributed by atoms with Crippen LogP contribution in [0, 0.1) is 5.82 Å².